The smallest absolute Gasteiger partial charge is 0.0639 e. The van der Waals surface area contributed by atoms with Crippen molar-refractivity contribution in [3.05, 3.63) is 27.7 Å². The summed E-state index contributed by atoms with van der Waals surface area (Å²) in [6.45, 7) is 11.0. The average Bonchev–Trinajstić information content (AvgIpc) is 2.20. The second-order valence-electron chi connectivity index (χ2n) is 4.83. The van der Waals surface area contributed by atoms with Gasteiger partial charge in [-0.3, -0.25) is 0 Å². The van der Waals surface area contributed by atoms with Crippen LogP contribution < -0.4 is 5.32 Å². The van der Waals surface area contributed by atoms with Crippen LogP contribution in [0.2, 0.25) is 0 Å². The van der Waals surface area contributed by atoms with Gasteiger partial charge in [0.1, 0.15) is 0 Å². The third kappa shape index (κ3) is 5.09. The molecule has 96 valence electrons. The summed E-state index contributed by atoms with van der Waals surface area (Å²) in [5.74, 6) is 0.600. The van der Waals surface area contributed by atoms with E-state index >= 15 is 0 Å². The number of anilines is 1. The maximum Gasteiger partial charge on any atom is 0.0639 e. The summed E-state index contributed by atoms with van der Waals surface area (Å²) in [4.78, 5) is 0. The molecule has 0 fully saturated rings. The summed E-state index contributed by atoms with van der Waals surface area (Å²) in [5, 5.41) is 3.41. The Kier molecular flexibility index (Phi) is 6.00. The van der Waals surface area contributed by atoms with Gasteiger partial charge in [0.2, 0.25) is 0 Å². The van der Waals surface area contributed by atoms with Crippen LogP contribution in [0.1, 0.15) is 25.0 Å². The Labute approximate surface area is 113 Å². The van der Waals surface area contributed by atoms with E-state index in [0.717, 1.165) is 24.2 Å². The topological polar surface area (TPSA) is 21.3 Å². The number of nitrogens with one attached hydrogen (secondary N) is 1. The number of halogens is 1. The van der Waals surface area contributed by atoms with Gasteiger partial charge in [-0.2, -0.15) is 0 Å². The van der Waals surface area contributed by atoms with Gasteiger partial charge in [-0.15, -0.1) is 0 Å². The Morgan fingerprint density at radius 1 is 1.29 bits per heavy atom. The highest BCUT2D eigenvalue weighted by molar-refractivity contribution is 9.10. The van der Waals surface area contributed by atoms with Crippen molar-refractivity contribution in [2.24, 2.45) is 5.92 Å². The van der Waals surface area contributed by atoms with E-state index in [1.54, 1.807) is 0 Å². The lowest BCUT2D eigenvalue weighted by Crippen LogP contribution is -2.13. The van der Waals surface area contributed by atoms with Crippen LogP contribution in [0.5, 0.6) is 0 Å². The Bertz CT molecular complexity index is 340. The number of hydrogen-bond acceptors (Lipinski definition) is 2. The molecule has 1 N–H and O–H groups in total. The molecule has 0 aliphatic heterocycles. The van der Waals surface area contributed by atoms with Crippen LogP contribution in [0.4, 0.5) is 5.69 Å². The molecular weight excluding hydrogens is 278 g/mol. The molecule has 0 aromatic heterocycles. The first-order valence-electron chi connectivity index (χ1n) is 6.09. The second kappa shape index (κ2) is 7.02. The molecule has 17 heavy (non-hydrogen) atoms. The zero-order valence-electron chi connectivity index (χ0n) is 11.1. The van der Waals surface area contributed by atoms with E-state index in [4.69, 9.17) is 4.74 Å². The van der Waals surface area contributed by atoms with Crippen molar-refractivity contribution in [3.63, 3.8) is 0 Å². The van der Waals surface area contributed by atoms with Crippen molar-refractivity contribution in [1.29, 1.82) is 0 Å². The number of ether oxygens (including phenoxy) is 1. The van der Waals surface area contributed by atoms with E-state index in [-0.39, 0.29) is 0 Å². The highest BCUT2D eigenvalue weighted by Gasteiger charge is 2.04. The van der Waals surface area contributed by atoms with Gasteiger partial charge in [-0.1, -0.05) is 19.9 Å². The highest BCUT2D eigenvalue weighted by atomic mass is 79.9. The summed E-state index contributed by atoms with van der Waals surface area (Å²) in [6, 6.07) is 4.31. The molecule has 0 bridgehead atoms. The lowest BCUT2D eigenvalue weighted by Gasteiger charge is -2.13. The molecular formula is C14H22BrNO. The van der Waals surface area contributed by atoms with Crippen LogP contribution in [-0.2, 0) is 4.74 Å². The van der Waals surface area contributed by atoms with Gasteiger partial charge < -0.3 is 10.1 Å². The van der Waals surface area contributed by atoms with E-state index in [1.807, 2.05) is 0 Å². The first-order valence-corrected chi connectivity index (χ1v) is 6.88. The SMILES string of the molecule is Cc1cc(C)c(NCCOCC(C)C)c(Br)c1. The molecule has 0 heterocycles. The van der Waals surface area contributed by atoms with Crippen LogP contribution >= 0.6 is 15.9 Å². The van der Waals surface area contributed by atoms with Gasteiger partial charge >= 0.3 is 0 Å². The highest BCUT2D eigenvalue weighted by Crippen LogP contribution is 2.27. The van der Waals surface area contributed by atoms with Crippen LogP contribution in [0.15, 0.2) is 16.6 Å². The van der Waals surface area contributed by atoms with Crippen molar-refractivity contribution in [2.75, 3.05) is 25.1 Å². The van der Waals surface area contributed by atoms with E-state index < -0.39 is 0 Å². The fraction of sp³-hybridized carbons (Fsp3) is 0.571. The number of benzene rings is 1. The minimum absolute atomic E-state index is 0.600. The van der Waals surface area contributed by atoms with Gasteiger partial charge in [0.25, 0.3) is 0 Å². The molecule has 0 aliphatic carbocycles. The summed E-state index contributed by atoms with van der Waals surface area (Å²) in [5.41, 5.74) is 3.71. The Morgan fingerprint density at radius 2 is 2.00 bits per heavy atom. The summed E-state index contributed by atoms with van der Waals surface area (Å²) in [6.07, 6.45) is 0. The monoisotopic (exact) mass is 299 g/mol. The van der Waals surface area contributed by atoms with Gasteiger partial charge in [-0.25, -0.2) is 0 Å². The van der Waals surface area contributed by atoms with Crippen molar-refractivity contribution < 1.29 is 4.74 Å². The minimum atomic E-state index is 0.600. The zero-order valence-corrected chi connectivity index (χ0v) is 12.7. The average molecular weight is 300 g/mol. The lowest BCUT2D eigenvalue weighted by atomic mass is 10.1. The first-order chi connectivity index (χ1) is 8.00. The van der Waals surface area contributed by atoms with Gasteiger partial charge in [0.15, 0.2) is 0 Å². The molecule has 0 unspecified atom stereocenters. The number of aryl methyl sites for hydroxylation is 2. The van der Waals surface area contributed by atoms with Crippen LogP contribution in [0.3, 0.4) is 0 Å². The summed E-state index contributed by atoms with van der Waals surface area (Å²) in [7, 11) is 0. The quantitative estimate of drug-likeness (QED) is 0.797. The fourth-order valence-electron chi connectivity index (χ4n) is 1.71. The largest absolute Gasteiger partial charge is 0.382 e. The predicted molar refractivity (Wildman–Crippen MR) is 77.8 cm³/mol. The number of hydrogen-bond donors (Lipinski definition) is 1. The van der Waals surface area contributed by atoms with Gasteiger partial charge in [0, 0.05) is 17.6 Å². The maximum atomic E-state index is 5.54. The van der Waals surface area contributed by atoms with Crippen LogP contribution in [0.25, 0.3) is 0 Å². The molecule has 1 aromatic rings. The Morgan fingerprint density at radius 3 is 2.59 bits per heavy atom. The Balaban J connectivity index is 2.42. The maximum absolute atomic E-state index is 5.54. The normalized spacial score (nSPS) is 10.9. The van der Waals surface area contributed by atoms with Crippen molar-refractivity contribution >= 4 is 21.6 Å². The lowest BCUT2D eigenvalue weighted by molar-refractivity contribution is 0.118. The molecule has 2 nitrogen and oxygen atoms in total. The van der Waals surface area contributed by atoms with E-state index in [0.29, 0.717) is 5.92 Å². The van der Waals surface area contributed by atoms with Gasteiger partial charge in [-0.05, 0) is 52.9 Å². The first kappa shape index (κ1) is 14.5. The third-order valence-corrected chi connectivity index (χ3v) is 3.06. The minimum Gasteiger partial charge on any atom is -0.382 e. The Hall–Kier alpha value is -0.540. The molecule has 0 radical (unpaired) electrons. The zero-order chi connectivity index (χ0) is 12.8. The van der Waals surface area contributed by atoms with Gasteiger partial charge in [0.05, 0.1) is 12.3 Å². The van der Waals surface area contributed by atoms with Crippen LogP contribution in [-0.4, -0.2) is 19.8 Å². The molecule has 0 saturated carbocycles. The standard InChI is InChI=1S/C14H22BrNO/c1-10(2)9-17-6-5-16-14-12(4)7-11(3)8-13(14)15/h7-8,10,16H,5-6,9H2,1-4H3. The fourth-order valence-corrected chi connectivity index (χ4v) is 2.52. The van der Waals surface area contributed by atoms with Crippen molar-refractivity contribution in [2.45, 2.75) is 27.7 Å². The van der Waals surface area contributed by atoms with E-state index in [1.165, 1.54) is 16.8 Å². The van der Waals surface area contributed by atoms with Crippen molar-refractivity contribution in [3.8, 4) is 0 Å². The number of rotatable bonds is 6. The summed E-state index contributed by atoms with van der Waals surface area (Å²) < 4.78 is 6.67. The molecule has 0 aliphatic rings. The molecule has 1 aromatic carbocycles. The molecule has 0 saturated heterocycles. The predicted octanol–water partition coefficient (Wildman–Crippen LogP) is 4.15. The van der Waals surface area contributed by atoms with Crippen molar-refractivity contribution in [1.82, 2.24) is 0 Å². The van der Waals surface area contributed by atoms with E-state index in [2.05, 4.69) is 61.1 Å². The van der Waals surface area contributed by atoms with Crippen LogP contribution in [0, 0.1) is 19.8 Å². The molecule has 0 amide bonds. The summed E-state index contributed by atoms with van der Waals surface area (Å²) >= 11 is 3.59. The molecule has 0 atom stereocenters. The molecule has 0 spiro atoms. The second-order valence-corrected chi connectivity index (χ2v) is 5.69. The molecule has 1 rings (SSSR count). The molecule has 3 heteroatoms. The van der Waals surface area contributed by atoms with E-state index in [9.17, 15) is 0 Å². The third-order valence-electron chi connectivity index (χ3n) is 2.43.